The summed E-state index contributed by atoms with van der Waals surface area (Å²) < 4.78 is 18.2. The number of hydrogen-bond acceptors (Lipinski definition) is 3. The Hall–Kier alpha value is -1.42. The Kier molecular flexibility index (Phi) is 4.31. The number of likely N-dealkylation sites (tertiary alicyclic amines) is 1. The molecule has 1 aromatic rings. The monoisotopic (exact) mass is 251 g/mol. The third kappa shape index (κ3) is 3.29. The number of ether oxygens (including phenoxy) is 1. The van der Waals surface area contributed by atoms with Crippen molar-refractivity contribution < 1.29 is 13.9 Å². The molecule has 1 aromatic carbocycles. The van der Waals surface area contributed by atoms with Crippen LogP contribution in [-0.2, 0) is 4.74 Å². The first-order valence-electron chi connectivity index (χ1n) is 6.38. The molecule has 0 aliphatic carbocycles. The van der Waals surface area contributed by atoms with Gasteiger partial charge in [-0.15, -0.1) is 0 Å². The van der Waals surface area contributed by atoms with Gasteiger partial charge >= 0.3 is 5.97 Å². The molecule has 0 aromatic heterocycles. The Morgan fingerprint density at radius 3 is 2.83 bits per heavy atom. The van der Waals surface area contributed by atoms with Crippen LogP contribution in [0.25, 0.3) is 0 Å². The molecule has 18 heavy (non-hydrogen) atoms. The van der Waals surface area contributed by atoms with Crippen molar-refractivity contribution in [2.75, 3.05) is 19.6 Å². The number of benzene rings is 1. The fourth-order valence-corrected chi connectivity index (χ4v) is 2.20. The van der Waals surface area contributed by atoms with E-state index in [1.807, 2.05) is 0 Å². The third-order valence-corrected chi connectivity index (χ3v) is 3.26. The van der Waals surface area contributed by atoms with E-state index in [1.165, 1.54) is 24.3 Å². The maximum absolute atomic E-state index is 12.7. The fourth-order valence-electron chi connectivity index (χ4n) is 2.20. The van der Waals surface area contributed by atoms with E-state index in [0.717, 1.165) is 32.5 Å². The van der Waals surface area contributed by atoms with Gasteiger partial charge < -0.3 is 4.74 Å². The van der Waals surface area contributed by atoms with Crippen LogP contribution in [0.15, 0.2) is 24.3 Å². The summed E-state index contributed by atoms with van der Waals surface area (Å²) in [6.07, 6.45) is 1.91. The lowest BCUT2D eigenvalue weighted by atomic mass is 10.1. The van der Waals surface area contributed by atoms with Gasteiger partial charge in [0.15, 0.2) is 0 Å². The third-order valence-electron chi connectivity index (χ3n) is 3.26. The smallest absolute Gasteiger partial charge is 0.338 e. The van der Waals surface area contributed by atoms with Crippen molar-refractivity contribution in [2.45, 2.75) is 25.9 Å². The van der Waals surface area contributed by atoms with E-state index in [4.69, 9.17) is 4.74 Å². The highest BCUT2D eigenvalue weighted by Crippen LogP contribution is 2.15. The van der Waals surface area contributed by atoms with Gasteiger partial charge in [-0.2, -0.15) is 0 Å². The van der Waals surface area contributed by atoms with E-state index in [-0.39, 0.29) is 17.9 Å². The second-order valence-corrected chi connectivity index (χ2v) is 4.57. The lowest BCUT2D eigenvalue weighted by Gasteiger charge is -2.31. The topological polar surface area (TPSA) is 29.5 Å². The van der Waals surface area contributed by atoms with Crippen LogP contribution in [0.3, 0.4) is 0 Å². The van der Waals surface area contributed by atoms with Gasteiger partial charge in [0, 0.05) is 6.54 Å². The van der Waals surface area contributed by atoms with Gasteiger partial charge in [-0.3, -0.25) is 4.90 Å². The lowest BCUT2D eigenvalue weighted by Crippen LogP contribution is -2.40. The zero-order valence-electron chi connectivity index (χ0n) is 10.6. The molecule has 1 aliphatic heterocycles. The van der Waals surface area contributed by atoms with E-state index in [9.17, 15) is 9.18 Å². The summed E-state index contributed by atoms with van der Waals surface area (Å²) in [4.78, 5) is 14.1. The zero-order valence-corrected chi connectivity index (χ0v) is 10.6. The molecule has 0 radical (unpaired) electrons. The van der Waals surface area contributed by atoms with Gasteiger partial charge in [0.05, 0.1) is 5.56 Å². The quantitative estimate of drug-likeness (QED) is 0.773. The number of carbonyl (C=O) groups excluding carboxylic acids is 1. The molecule has 0 N–H and O–H groups in total. The van der Waals surface area contributed by atoms with Crippen molar-refractivity contribution in [3.63, 3.8) is 0 Å². The first-order valence-corrected chi connectivity index (χ1v) is 6.38. The minimum absolute atomic E-state index is 0.0451. The molecule has 1 fully saturated rings. The SMILES string of the molecule is CCN1CCCC(OC(=O)c2ccc(F)cc2)C1. The zero-order chi connectivity index (χ0) is 13.0. The molecule has 1 saturated heterocycles. The number of hydrogen-bond donors (Lipinski definition) is 0. The Bertz CT molecular complexity index is 405. The number of carbonyl (C=O) groups is 1. The van der Waals surface area contributed by atoms with Gasteiger partial charge in [-0.1, -0.05) is 6.92 Å². The van der Waals surface area contributed by atoms with Gasteiger partial charge in [0.2, 0.25) is 0 Å². The minimum Gasteiger partial charge on any atom is -0.457 e. The Morgan fingerprint density at radius 1 is 1.44 bits per heavy atom. The highest BCUT2D eigenvalue weighted by atomic mass is 19.1. The first-order chi connectivity index (χ1) is 8.69. The average Bonchev–Trinajstić information content (AvgIpc) is 2.39. The average molecular weight is 251 g/mol. The van der Waals surface area contributed by atoms with Crippen molar-refractivity contribution in [3.05, 3.63) is 35.6 Å². The van der Waals surface area contributed by atoms with Gasteiger partial charge in [-0.25, -0.2) is 9.18 Å². The van der Waals surface area contributed by atoms with E-state index in [1.54, 1.807) is 0 Å². The molecule has 1 atom stereocenters. The minimum atomic E-state index is -0.363. The fraction of sp³-hybridized carbons (Fsp3) is 0.500. The molecule has 3 nitrogen and oxygen atoms in total. The van der Waals surface area contributed by atoms with Crippen LogP contribution in [0.1, 0.15) is 30.1 Å². The number of piperidine rings is 1. The Labute approximate surface area is 107 Å². The standard InChI is InChI=1S/C14H18FNO2/c1-2-16-9-3-4-13(10-16)18-14(17)11-5-7-12(15)8-6-11/h5-8,13H,2-4,9-10H2,1H3. The van der Waals surface area contributed by atoms with Crippen molar-refractivity contribution in [3.8, 4) is 0 Å². The van der Waals surface area contributed by atoms with Crippen LogP contribution in [0.4, 0.5) is 4.39 Å². The number of esters is 1. The van der Waals surface area contributed by atoms with Gasteiger partial charge in [-0.05, 0) is 50.2 Å². The number of nitrogens with zero attached hydrogens (tertiary/aromatic N) is 1. The number of halogens is 1. The summed E-state index contributed by atoms with van der Waals surface area (Å²) in [7, 11) is 0. The molecule has 0 spiro atoms. The summed E-state index contributed by atoms with van der Waals surface area (Å²) in [5.41, 5.74) is 0.407. The highest BCUT2D eigenvalue weighted by Gasteiger charge is 2.22. The predicted octanol–water partition coefficient (Wildman–Crippen LogP) is 2.47. The van der Waals surface area contributed by atoms with Crippen LogP contribution in [0.5, 0.6) is 0 Å². The van der Waals surface area contributed by atoms with Gasteiger partial charge in [0.25, 0.3) is 0 Å². The van der Waals surface area contributed by atoms with E-state index in [0.29, 0.717) is 5.56 Å². The normalized spacial score (nSPS) is 20.7. The summed E-state index contributed by atoms with van der Waals surface area (Å²) in [6.45, 7) is 4.94. The molecule has 0 bridgehead atoms. The first kappa shape index (κ1) is 13.0. The molecular formula is C14H18FNO2. The summed E-state index contributed by atoms with van der Waals surface area (Å²) in [5.74, 6) is -0.709. The molecule has 1 aliphatic rings. The van der Waals surface area contributed by atoms with Crippen LogP contribution in [0.2, 0.25) is 0 Å². The number of rotatable bonds is 3. The van der Waals surface area contributed by atoms with Crippen LogP contribution >= 0.6 is 0 Å². The number of likely N-dealkylation sites (N-methyl/N-ethyl adjacent to an activating group) is 1. The summed E-state index contributed by atoms with van der Waals surface area (Å²) >= 11 is 0. The second kappa shape index (κ2) is 5.96. The Morgan fingerprint density at radius 2 is 2.17 bits per heavy atom. The predicted molar refractivity (Wildman–Crippen MR) is 67.0 cm³/mol. The van der Waals surface area contributed by atoms with Crippen LogP contribution < -0.4 is 0 Å². The molecular weight excluding hydrogens is 233 g/mol. The summed E-state index contributed by atoms with van der Waals surface area (Å²) in [5, 5.41) is 0. The van der Waals surface area contributed by atoms with Crippen molar-refractivity contribution in [2.24, 2.45) is 0 Å². The van der Waals surface area contributed by atoms with E-state index in [2.05, 4.69) is 11.8 Å². The van der Waals surface area contributed by atoms with Crippen molar-refractivity contribution in [1.82, 2.24) is 4.90 Å². The van der Waals surface area contributed by atoms with E-state index < -0.39 is 0 Å². The highest BCUT2D eigenvalue weighted by molar-refractivity contribution is 5.89. The molecule has 0 amide bonds. The van der Waals surface area contributed by atoms with Crippen LogP contribution in [-0.4, -0.2) is 36.6 Å². The second-order valence-electron chi connectivity index (χ2n) is 4.57. The molecule has 98 valence electrons. The largest absolute Gasteiger partial charge is 0.457 e. The summed E-state index contributed by atoms with van der Waals surface area (Å²) in [6, 6.07) is 5.46. The molecule has 0 saturated carbocycles. The molecule has 1 unspecified atom stereocenters. The lowest BCUT2D eigenvalue weighted by molar-refractivity contribution is 0.00774. The van der Waals surface area contributed by atoms with Gasteiger partial charge in [0.1, 0.15) is 11.9 Å². The molecule has 4 heteroatoms. The van der Waals surface area contributed by atoms with Crippen LogP contribution in [0, 0.1) is 5.82 Å². The van der Waals surface area contributed by atoms with Crippen molar-refractivity contribution >= 4 is 5.97 Å². The Balaban J connectivity index is 1.92. The molecule has 1 heterocycles. The van der Waals surface area contributed by atoms with E-state index >= 15 is 0 Å². The maximum Gasteiger partial charge on any atom is 0.338 e. The van der Waals surface area contributed by atoms with Crippen molar-refractivity contribution in [1.29, 1.82) is 0 Å². The maximum atomic E-state index is 12.7. The molecule has 2 rings (SSSR count).